The predicted octanol–water partition coefficient (Wildman–Crippen LogP) is 3.69. The van der Waals surface area contributed by atoms with Gasteiger partial charge in [-0.25, -0.2) is 0 Å². The Kier molecular flexibility index (Phi) is 5.78. The molecular weight excluding hydrogens is 400 g/mol. The third kappa shape index (κ3) is 4.56. The van der Waals surface area contributed by atoms with Crippen LogP contribution in [0.15, 0.2) is 51.4 Å². The lowest BCUT2D eigenvalue weighted by Gasteiger charge is -2.12. The molecule has 6 heteroatoms. The van der Waals surface area contributed by atoms with Gasteiger partial charge >= 0.3 is 0 Å². The summed E-state index contributed by atoms with van der Waals surface area (Å²) in [7, 11) is 0. The summed E-state index contributed by atoms with van der Waals surface area (Å²) in [5.74, 6) is 0.377. The van der Waals surface area contributed by atoms with E-state index in [1.54, 1.807) is 0 Å². The zero-order chi connectivity index (χ0) is 15.2. The second kappa shape index (κ2) is 7.59. The molecule has 4 nitrogen and oxygen atoms in total. The quantitative estimate of drug-likeness (QED) is 0.785. The Labute approximate surface area is 139 Å². The fourth-order valence-electron chi connectivity index (χ4n) is 1.74. The Bertz CT molecular complexity index is 630. The number of nitrogens with one attached hydrogen (secondary N) is 1. The number of rotatable bonds is 5. The molecule has 0 aliphatic heterocycles. The Morgan fingerprint density at radius 2 is 1.86 bits per heavy atom. The maximum absolute atomic E-state index is 11.9. The highest BCUT2D eigenvalue weighted by Gasteiger charge is 2.09. The molecule has 0 spiro atoms. The lowest BCUT2D eigenvalue weighted by atomic mass is 10.2. The average Bonchev–Trinajstić information content (AvgIpc) is 2.48. The fourth-order valence-corrected chi connectivity index (χ4v) is 2.53. The molecule has 0 saturated heterocycles. The Morgan fingerprint density at radius 1 is 1.14 bits per heavy atom. The number of hydrogen-bond acceptors (Lipinski definition) is 3. The van der Waals surface area contributed by atoms with E-state index < -0.39 is 0 Å². The first-order chi connectivity index (χ1) is 10.1. The standard InChI is InChI=1S/C15H14Br2N2O2/c16-11-4-6-12(7-5-11)19-14(20)9-21-15-10(8-18)2-1-3-13(15)17/h1-7H,8-9,18H2,(H,19,20). The van der Waals surface area contributed by atoms with Crippen molar-refractivity contribution in [3.8, 4) is 5.75 Å². The van der Waals surface area contributed by atoms with Crippen LogP contribution >= 0.6 is 31.9 Å². The van der Waals surface area contributed by atoms with Crippen molar-refractivity contribution in [3.05, 3.63) is 57.0 Å². The number of carbonyl (C=O) groups is 1. The summed E-state index contributed by atoms with van der Waals surface area (Å²) in [4.78, 5) is 11.9. The second-order valence-corrected chi connectivity index (χ2v) is 6.05. The molecule has 0 fully saturated rings. The molecule has 0 atom stereocenters. The van der Waals surface area contributed by atoms with Gasteiger partial charge in [-0.1, -0.05) is 28.1 Å². The minimum absolute atomic E-state index is 0.0777. The van der Waals surface area contributed by atoms with E-state index in [-0.39, 0.29) is 12.5 Å². The van der Waals surface area contributed by atoms with Crippen LogP contribution in [0.1, 0.15) is 5.56 Å². The van der Waals surface area contributed by atoms with Gasteiger partial charge in [0.05, 0.1) is 4.47 Å². The number of amides is 1. The van der Waals surface area contributed by atoms with Crippen molar-refractivity contribution >= 4 is 43.5 Å². The molecule has 2 aromatic rings. The number of nitrogens with two attached hydrogens (primary N) is 1. The van der Waals surface area contributed by atoms with Gasteiger partial charge in [0.1, 0.15) is 5.75 Å². The van der Waals surface area contributed by atoms with Gasteiger partial charge in [-0.15, -0.1) is 0 Å². The summed E-state index contributed by atoms with van der Waals surface area (Å²) in [6.45, 7) is 0.273. The third-order valence-corrected chi connectivity index (χ3v) is 3.90. The van der Waals surface area contributed by atoms with Crippen molar-refractivity contribution in [1.29, 1.82) is 0 Å². The molecule has 0 heterocycles. The second-order valence-electron chi connectivity index (χ2n) is 4.28. The first-order valence-electron chi connectivity index (χ1n) is 6.26. The number of benzene rings is 2. The SMILES string of the molecule is NCc1cccc(Br)c1OCC(=O)Nc1ccc(Br)cc1. The van der Waals surface area contributed by atoms with E-state index in [1.165, 1.54) is 0 Å². The zero-order valence-electron chi connectivity index (χ0n) is 11.1. The lowest BCUT2D eigenvalue weighted by molar-refractivity contribution is -0.118. The van der Waals surface area contributed by atoms with Crippen LogP contribution in [0.5, 0.6) is 5.75 Å². The maximum Gasteiger partial charge on any atom is 0.262 e. The molecule has 110 valence electrons. The van der Waals surface area contributed by atoms with Gasteiger partial charge in [-0.3, -0.25) is 4.79 Å². The van der Waals surface area contributed by atoms with Gasteiger partial charge in [0.15, 0.2) is 6.61 Å². The minimum atomic E-state index is -0.226. The molecule has 0 bridgehead atoms. The van der Waals surface area contributed by atoms with E-state index in [0.29, 0.717) is 12.3 Å². The van der Waals surface area contributed by atoms with Crippen LogP contribution in [0.25, 0.3) is 0 Å². The first kappa shape index (κ1) is 16.0. The molecule has 2 aromatic carbocycles. The molecule has 0 unspecified atom stereocenters. The number of para-hydroxylation sites is 1. The molecule has 2 rings (SSSR count). The highest BCUT2D eigenvalue weighted by atomic mass is 79.9. The summed E-state index contributed by atoms with van der Waals surface area (Å²) >= 11 is 6.74. The molecule has 0 aliphatic carbocycles. The van der Waals surface area contributed by atoms with Gasteiger partial charge in [0.25, 0.3) is 5.91 Å². The number of ether oxygens (including phenoxy) is 1. The molecule has 0 saturated carbocycles. The Balaban J connectivity index is 1.97. The smallest absolute Gasteiger partial charge is 0.262 e. The minimum Gasteiger partial charge on any atom is -0.482 e. The van der Waals surface area contributed by atoms with Crippen molar-refractivity contribution in [2.45, 2.75) is 6.54 Å². The first-order valence-corrected chi connectivity index (χ1v) is 7.84. The van der Waals surface area contributed by atoms with Gasteiger partial charge in [-0.2, -0.15) is 0 Å². The van der Waals surface area contributed by atoms with E-state index in [1.807, 2.05) is 42.5 Å². The third-order valence-electron chi connectivity index (χ3n) is 2.74. The van der Waals surface area contributed by atoms with Crippen LogP contribution in [-0.2, 0) is 11.3 Å². The molecule has 0 aromatic heterocycles. The number of anilines is 1. The molecule has 21 heavy (non-hydrogen) atoms. The molecule has 0 aliphatic rings. The van der Waals surface area contributed by atoms with Gasteiger partial charge in [-0.05, 0) is 46.3 Å². The van der Waals surface area contributed by atoms with Crippen molar-refractivity contribution < 1.29 is 9.53 Å². The fraction of sp³-hybridized carbons (Fsp3) is 0.133. The predicted molar refractivity (Wildman–Crippen MR) is 90.3 cm³/mol. The molecule has 0 radical (unpaired) electrons. The highest BCUT2D eigenvalue weighted by molar-refractivity contribution is 9.10. The van der Waals surface area contributed by atoms with Crippen molar-refractivity contribution in [2.24, 2.45) is 5.73 Å². The van der Waals surface area contributed by atoms with E-state index in [9.17, 15) is 4.79 Å². The summed E-state index contributed by atoms with van der Waals surface area (Å²) in [5, 5.41) is 2.76. The average molecular weight is 414 g/mol. The molecule has 3 N–H and O–H groups in total. The Morgan fingerprint density at radius 3 is 2.52 bits per heavy atom. The van der Waals surface area contributed by atoms with Gasteiger partial charge in [0, 0.05) is 22.3 Å². The van der Waals surface area contributed by atoms with Crippen molar-refractivity contribution in [3.63, 3.8) is 0 Å². The van der Waals surface area contributed by atoms with Crippen LogP contribution in [0.4, 0.5) is 5.69 Å². The number of hydrogen-bond donors (Lipinski definition) is 2. The van der Waals surface area contributed by atoms with E-state index in [4.69, 9.17) is 10.5 Å². The number of halogens is 2. The van der Waals surface area contributed by atoms with E-state index >= 15 is 0 Å². The number of carbonyl (C=O) groups excluding carboxylic acids is 1. The Hall–Kier alpha value is -1.37. The summed E-state index contributed by atoms with van der Waals surface area (Å²) < 4.78 is 7.30. The monoisotopic (exact) mass is 412 g/mol. The van der Waals surface area contributed by atoms with Crippen LogP contribution in [0, 0.1) is 0 Å². The summed E-state index contributed by atoms with van der Waals surface area (Å²) in [6, 6.07) is 12.9. The summed E-state index contributed by atoms with van der Waals surface area (Å²) in [5.41, 5.74) is 7.23. The van der Waals surface area contributed by atoms with Gasteiger partial charge in [0.2, 0.25) is 0 Å². The maximum atomic E-state index is 11.9. The molecular formula is C15H14Br2N2O2. The zero-order valence-corrected chi connectivity index (χ0v) is 14.3. The molecule has 1 amide bonds. The largest absolute Gasteiger partial charge is 0.482 e. The highest BCUT2D eigenvalue weighted by Crippen LogP contribution is 2.28. The van der Waals surface area contributed by atoms with Crippen molar-refractivity contribution in [1.82, 2.24) is 0 Å². The van der Waals surface area contributed by atoms with Crippen LogP contribution in [-0.4, -0.2) is 12.5 Å². The van der Waals surface area contributed by atoms with E-state index in [2.05, 4.69) is 37.2 Å². The van der Waals surface area contributed by atoms with Crippen LogP contribution in [0.2, 0.25) is 0 Å². The summed E-state index contributed by atoms with van der Waals surface area (Å²) in [6.07, 6.45) is 0. The van der Waals surface area contributed by atoms with Crippen LogP contribution < -0.4 is 15.8 Å². The van der Waals surface area contributed by atoms with E-state index in [0.717, 1.165) is 20.2 Å². The lowest BCUT2D eigenvalue weighted by Crippen LogP contribution is -2.20. The normalized spacial score (nSPS) is 10.2. The topological polar surface area (TPSA) is 64.3 Å². The van der Waals surface area contributed by atoms with Crippen molar-refractivity contribution in [2.75, 3.05) is 11.9 Å². The van der Waals surface area contributed by atoms with Crippen LogP contribution in [0.3, 0.4) is 0 Å². The van der Waals surface area contributed by atoms with Gasteiger partial charge < -0.3 is 15.8 Å².